The van der Waals surface area contributed by atoms with Crippen molar-refractivity contribution in [2.75, 3.05) is 7.11 Å². The average Bonchev–Trinajstić information content (AvgIpc) is 2.93. The molecule has 96 valence electrons. The first-order chi connectivity index (χ1) is 9.33. The predicted molar refractivity (Wildman–Crippen MR) is 79.7 cm³/mol. The van der Waals surface area contributed by atoms with Gasteiger partial charge in [0.05, 0.1) is 7.11 Å². The van der Waals surface area contributed by atoms with Crippen LogP contribution in [0.25, 0.3) is 22.0 Å². The van der Waals surface area contributed by atoms with Crippen LogP contribution in [0.4, 0.5) is 0 Å². The fourth-order valence-corrected chi connectivity index (χ4v) is 2.56. The van der Waals surface area contributed by atoms with Crippen molar-refractivity contribution in [2.45, 2.75) is 13.3 Å². The third kappa shape index (κ3) is 1.99. The van der Waals surface area contributed by atoms with Crippen LogP contribution < -0.4 is 4.74 Å². The van der Waals surface area contributed by atoms with Gasteiger partial charge in [0.2, 0.25) is 0 Å². The number of para-hydroxylation sites is 1. The highest BCUT2D eigenvalue weighted by molar-refractivity contribution is 5.88. The summed E-state index contributed by atoms with van der Waals surface area (Å²) in [6.07, 6.45) is 2.98. The number of aromatic amines is 1. The summed E-state index contributed by atoms with van der Waals surface area (Å²) in [7, 11) is 1.72. The predicted octanol–water partition coefficient (Wildman–Crippen LogP) is 4.41. The second-order valence-electron chi connectivity index (χ2n) is 4.63. The molecule has 3 aromatic rings. The monoisotopic (exact) mass is 251 g/mol. The Morgan fingerprint density at radius 3 is 2.68 bits per heavy atom. The zero-order valence-corrected chi connectivity index (χ0v) is 11.2. The van der Waals surface area contributed by atoms with Gasteiger partial charge >= 0.3 is 0 Å². The highest BCUT2D eigenvalue weighted by Crippen LogP contribution is 2.34. The zero-order valence-electron chi connectivity index (χ0n) is 11.2. The molecular formula is C17H17NO. The first-order valence-corrected chi connectivity index (χ1v) is 6.57. The van der Waals surface area contributed by atoms with E-state index in [9.17, 15) is 0 Å². The second-order valence-corrected chi connectivity index (χ2v) is 4.63. The molecule has 0 bridgehead atoms. The van der Waals surface area contributed by atoms with Gasteiger partial charge in [-0.15, -0.1) is 0 Å². The molecule has 2 nitrogen and oxygen atoms in total. The minimum atomic E-state index is 0.923. The number of ether oxygens (including phenoxy) is 1. The molecule has 2 heteroatoms. The van der Waals surface area contributed by atoms with E-state index in [-0.39, 0.29) is 0 Å². The van der Waals surface area contributed by atoms with Gasteiger partial charge in [-0.1, -0.05) is 25.1 Å². The molecule has 0 amide bonds. The first kappa shape index (κ1) is 11.8. The van der Waals surface area contributed by atoms with Gasteiger partial charge in [-0.05, 0) is 47.2 Å². The van der Waals surface area contributed by atoms with Gasteiger partial charge in [-0.2, -0.15) is 0 Å². The van der Waals surface area contributed by atoms with Crippen LogP contribution in [0.15, 0.2) is 48.7 Å². The van der Waals surface area contributed by atoms with Gasteiger partial charge in [0, 0.05) is 17.3 Å². The lowest BCUT2D eigenvalue weighted by molar-refractivity contribution is 0.416. The minimum absolute atomic E-state index is 0.923. The number of H-pyrrole nitrogens is 1. The Balaban J connectivity index is 2.27. The van der Waals surface area contributed by atoms with Gasteiger partial charge in [-0.25, -0.2) is 0 Å². The summed E-state index contributed by atoms with van der Waals surface area (Å²) in [5.74, 6) is 0.923. The van der Waals surface area contributed by atoms with Crippen molar-refractivity contribution in [3.63, 3.8) is 0 Å². The zero-order chi connectivity index (χ0) is 13.2. The summed E-state index contributed by atoms with van der Waals surface area (Å²) in [4.78, 5) is 3.27. The van der Waals surface area contributed by atoms with Crippen LogP contribution in [-0.4, -0.2) is 12.1 Å². The lowest BCUT2D eigenvalue weighted by Crippen LogP contribution is -1.92. The Bertz CT molecular complexity index is 712. The molecule has 0 aliphatic carbocycles. The van der Waals surface area contributed by atoms with Crippen LogP contribution in [0.5, 0.6) is 5.75 Å². The van der Waals surface area contributed by atoms with E-state index in [0.717, 1.165) is 17.7 Å². The van der Waals surface area contributed by atoms with Crippen LogP contribution in [0.1, 0.15) is 12.5 Å². The van der Waals surface area contributed by atoms with Crippen molar-refractivity contribution in [3.05, 3.63) is 54.2 Å². The van der Waals surface area contributed by atoms with Crippen molar-refractivity contribution < 1.29 is 4.74 Å². The number of nitrogens with one attached hydrogen (secondary N) is 1. The third-order valence-corrected chi connectivity index (χ3v) is 3.56. The number of fused-ring (bicyclic) bond motifs is 1. The average molecular weight is 251 g/mol. The largest absolute Gasteiger partial charge is 0.496 e. The number of hydrogen-bond donors (Lipinski definition) is 1. The van der Waals surface area contributed by atoms with Crippen molar-refractivity contribution >= 4 is 10.9 Å². The molecule has 0 fully saturated rings. The van der Waals surface area contributed by atoms with E-state index in [1.165, 1.54) is 22.0 Å². The van der Waals surface area contributed by atoms with E-state index in [1.807, 2.05) is 18.3 Å². The summed E-state index contributed by atoms with van der Waals surface area (Å²) < 4.78 is 5.48. The molecule has 0 atom stereocenters. The summed E-state index contributed by atoms with van der Waals surface area (Å²) in [5, 5.41) is 1.23. The molecule has 2 aromatic carbocycles. The molecule has 19 heavy (non-hydrogen) atoms. The first-order valence-electron chi connectivity index (χ1n) is 6.57. The Morgan fingerprint density at radius 2 is 1.89 bits per heavy atom. The smallest absolute Gasteiger partial charge is 0.126 e. The Hall–Kier alpha value is -2.22. The SMILES string of the molecule is CCc1cc2[nH]ccc2cc1-c1ccccc1OC. The molecule has 0 spiro atoms. The molecule has 1 N–H and O–H groups in total. The van der Waals surface area contributed by atoms with Crippen LogP contribution in [0.2, 0.25) is 0 Å². The minimum Gasteiger partial charge on any atom is -0.496 e. The molecule has 0 unspecified atom stereocenters. The van der Waals surface area contributed by atoms with Gasteiger partial charge in [0.1, 0.15) is 5.75 Å². The summed E-state index contributed by atoms with van der Waals surface area (Å²) in [5.41, 5.74) is 4.94. The summed E-state index contributed by atoms with van der Waals surface area (Å²) >= 11 is 0. The molecule has 0 aliphatic heterocycles. The fourth-order valence-electron chi connectivity index (χ4n) is 2.56. The second kappa shape index (κ2) is 4.81. The maximum atomic E-state index is 5.48. The number of hydrogen-bond acceptors (Lipinski definition) is 1. The quantitative estimate of drug-likeness (QED) is 0.733. The molecule has 0 saturated heterocycles. The van der Waals surface area contributed by atoms with Crippen molar-refractivity contribution in [2.24, 2.45) is 0 Å². The van der Waals surface area contributed by atoms with Crippen LogP contribution >= 0.6 is 0 Å². The molecule has 0 aliphatic rings. The van der Waals surface area contributed by atoms with Crippen LogP contribution in [0, 0.1) is 0 Å². The lowest BCUT2D eigenvalue weighted by atomic mass is 9.96. The Labute approximate surface area is 113 Å². The van der Waals surface area contributed by atoms with E-state index in [2.05, 4.69) is 42.2 Å². The number of aromatic nitrogens is 1. The van der Waals surface area contributed by atoms with E-state index in [1.54, 1.807) is 7.11 Å². The van der Waals surface area contributed by atoms with Gasteiger partial charge in [0.15, 0.2) is 0 Å². The topological polar surface area (TPSA) is 25.0 Å². The van der Waals surface area contributed by atoms with Gasteiger partial charge < -0.3 is 9.72 Å². The summed E-state index contributed by atoms with van der Waals surface area (Å²) in [6.45, 7) is 2.18. The van der Waals surface area contributed by atoms with Crippen molar-refractivity contribution in [1.29, 1.82) is 0 Å². The molecule has 1 aromatic heterocycles. The van der Waals surface area contributed by atoms with E-state index in [0.29, 0.717) is 0 Å². The van der Waals surface area contributed by atoms with Crippen molar-refractivity contribution in [1.82, 2.24) is 4.98 Å². The Morgan fingerprint density at radius 1 is 1.05 bits per heavy atom. The van der Waals surface area contributed by atoms with Gasteiger partial charge in [-0.3, -0.25) is 0 Å². The maximum Gasteiger partial charge on any atom is 0.126 e. The maximum absolute atomic E-state index is 5.48. The molecule has 3 rings (SSSR count). The highest BCUT2D eigenvalue weighted by Gasteiger charge is 2.10. The van der Waals surface area contributed by atoms with E-state index in [4.69, 9.17) is 4.74 Å². The molecule has 1 heterocycles. The number of methoxy groups -OCH3 is 1. The normalized spacial score (nSPS) is 10.8. The van der Waals surface area contributed by atoms with Crippen LogP contribution in [0.3, 0.4) is 0 Å². The standard InChI is InChI=1S/C17H17NO/c1-3-12-11-16-13(8-9-18-16)10-15(12)14-6-4-5-7-17(14)19-2/h4-11,18H,3H2,1-2H3. The van der Waals surface area contributed by atoms with Gasteiger partial charge in [0.25, 0.3) is 0 Å². The summed E-state index contributed by atoms with van der Waals surface area (Å²) in [6, 6.07) is 14.8. The van der Waals surface area contributed by atoms with Crippen LogP contribution in [-0.2, 0) is 6.42 Å². The third-order valence-electron chi connectivity index (χ3n) is 3.56. The number of rotatable bonds is 3. The number of aryl methyl sites for hydroxylation is 1. The molecule has 0 radical (unpaired) electrons. The van der Waals surface area contributed by atoms with Crippen molar-refractivity contribution in [3.8, 4) is 16.9 Å². The lowest BCUT2D eigenvalue weighted by Gasteiger charge is -2.12. The molecule has 0 saturated carbocycles. The fraction of sp³-hybridized carbons (Fsp3) is 0.176. The Kier molecular flexibility index (Phi) is 3.00. The van der Waals surface area contributed by atoms with E-state index < -0.39 is 0 Å². The molecular weight excluding hydrogens is 234 g/mol. The number of benzene rings is 2. The van der Waals surface area contributed by atoms with E-state index >= 15 is 0 Å². The highest BCUT2D eigenvalue weighted by atomic mass is 16.5.